The lowest BCUT2D eigenvalue weighted by atomic mass is 9.65. The molecule has 3 rings (SSSR count). The number of hydrogen-bond acceptors (Lipinski definition) is 2. The Balaban J connectivity index is 2.12. The highest BCUT2D eigenvalue weighted by atomic mass is 16.5. The van der Waals surface area contributed by atoms with Crippen molar-refractivity contribution in [1.82, 2.24) is 5.32 Å². The molecule has 0 saturated carbocycles. The molecule has 19 heavy (non-hydrogen) atoms. The molecule has 1 fully saturated rings. The van der Waals surface area contributed by atoms with Crippen molar-refractivity contribution in [2.75, 3.05) is 7.11 Å². The molecule has 0 bridgehead atoms. The van der Waals surface area contributed by atoms with E-state index < -0.39 is 0 Å². The molecule has 3 heteroatoms. The third kappa shape index (κ3) is 1.83. The predicted molar refractivity (Wildman–Crippen MR) is 74.4 cm³/mol. The number of amides is 1. The second-order valence-corrected chi connectivity index (χ2v) is 5.74. The minimum Gasteiger partial charge on any atom is -0.497 e. The van der Waals surface area contributed by atoms with Gasteiger partial charge in [-0.25, -0.2) is 0 Å². The first-order valence-electron chi connectivity index (χ1n) is 7.16. The normalized spacial score (nSPS) is 29.2. The van der Waals surface area contributed by atoms with E-state index in [4.69, 9.17) is 4.74 Å². The van der Waals surface area contributed by atoms with E-state index in [1.165, 1.54) is 17.5 Å². The van der Waals surface area contributed by atoms with E-state index in [1.54, 1.807) is 7.11 Å². The van der Waals surface area contributed by atoms with Gasteiger partial charge in [-0.15, -0.1) is 0 Å². The SMILES string of the molecule is CCC1NC(=O)CC12CCCc1ccc(OC)cc12. The van der Waals surface area contributed by atoms with Gasteiger partial charge in [-0.05, 0) is 48.9 Å². The van der Waals surface area contributed by atoms with Gasteiger partial charge in [-0.3, -0.25) is 4.79 Å². The Morgan fingerprint density at radius 3 is 3.05 bits per heavy atom. The Labute approximate surface area is 114 Å². The van der Waals surface area contributed by atoms with Crippen LogP contribution in [0.1, 0.15) is 43.7 Å². The molecule has 1 heterocycles. The topological polar surface area (TPSA) is 38.3 Å². The Hall–Kier alpha value is -1.51. The first-order valence-corrected chi connectivity index (χ1v) is 7.16. The molecule has 1 spiro atoms. The average Bonchev–Trinajstić information content (AvgIpc) is 2.75. The molecular weight excluding hydrogens is 238 g/mol. The lowest BCUT2D eigenvalue weighted by Gasteiger charge is -2.39. The van der Waals surface area contributed by atoms with E-state index in [2.05, 4.69) is 24.4 Å². The van der Waals surface area contributed by atoms with Gasteiger partial charge < -0.3 is 10.1 Å². The van der Waals surface area contributed by atoms with E-state index in [-0.39, 0.29) is 17.4 Å². The van der Waals surface area contributed by atoms with E-state index in [0.29, 0.717) is 6.42 Å². The Kier molecular flexibility index (Phi) is 3.00. The van der Waals surface area contributed by atoms with Crippen LogP contribution < -0.4 is 10.1 Å². The van der Waals surface area contributed by atoms with Crippen LogP contribution >= 0.6 is 0 Å². The van der Waals surface area contributed by atoms with Gasteiger partial charge in [-0.1, -0.05) is 13.0 Å². The van der Waals surface area contributed by atoms with Crippen LogP contribution in [-0.2, 0) is 16.6 Å². The number of carbonyl (C=O) groups is 1. The molecule has 1 saturated heterocycles. The summed E-state index contributed by atoms with van der Waals surface area (Å²) >= 11 is 0. The van der Waals surface area contributed by atoms with Crippen LogP contribution in [0.25, 0.3) is 0 Å². The van der Waals surface area contributed by atoms with E-state index in [1.807, 2.05) is 6.07 Å². The maximum Gasteiger partial charge on any atom is 0.221 e. The molecule has 2 aliphatic rings. The van der Waals surface area contributed by atoms with E-state index in [0.717, 1.165) is 25.0 Å². The number of methoxy groups -OCH3 is 1. The Morgan fingerprint density at radius 2 is 2.32 bits per heavy atom. The molecule has 1 aliphatic heterocycles. The largest absolute Gasteiger partial charge is 0.497 e. The van der Waals surface area contributed by atoms with Crippen molar-refractivity contribution in [3.8, 4) is 5.75 Å². The number of benzene rings is 1. The number of aryl methyl sites for hydroxylation is 1. The molecule has 2 atom stereocenters. The van der Waals surface area contributed by atoms with Gasteiger partial charge in [0.05, 0.1) is 7.11 Å². The van der Waals surface area contributed by atoms with Crippen molar-refractivity contribution in [3.63, 3.8) is 0 Å². The van der Waals surface area contributed by atoms with Crippen LogP contribution in [0.3, 0.4) is 0 Å². The molecule has 1 N–H and O–H groups in total. The van der Waals surface area contributed by atoms with Gasteiger partial charge in [0.25, 0.3) is 0 Å². The number of nitrogens with one attached hydrogen (secondary N) is 1. The summed E-state index contributed by atoms with van der Waals surface area (Å²) in [6.45, 7) is 2.16. The molecule has 1 aromatic rings. The summed E-state index contributed by atoms with van der Waals surface area (Å²) in [6, 6.07) is 6.62. The van der Waals surface area contributed by atoms with Crippen molar-refractivity contribution in [2.24, 2.45) is 0 Å². The van der Waals surface area contributed by atoms with Gasteiger partial charge in [0.1, 0.15) is 5.75 Å². The molecule has 102 valence electrons. The fourth-order valence-corrected chi connectivity index (χ4v) is 3.92. The quantitative estimate of drug-likeness (QED) is 0.886. The number of rotatable bonds is 2. The van der Waals surface area contributed by atoms with Gasteiger partial charge in [0.2, 0.25) is 5.91 Å². The Bertz CT molecular complexity index is 511. The van der Waals surface area contributed by atoms with E-state index >= 15 is 0 Å². The lowest BCUT2D eigenvalue weighted by Crippen LogP contribution is -2.42. The van der Waals surface area contributed by atoms with Gasteiger partial charge in [-0.2, -0.15) is 0 Å². The number of ether oxygens (including phenoxy) is 1. The fraction of sp³-hybridized carbons (Fsp3) is 0.562. The third-order valence-corrected chi connectivity index (χ3v) is 4.81. The van der Waals surface area contributed by atoms with Crippen molar-refractivity contribution in [3.05, 3.63) is 29.3 Å². The van der Waals surface area contributed by atoms with Gasteiger partial charge in [0.15, 0.2) is 0 Å². The monoisotopic (exact) mass is 259 g/mol. The first kappa shape index (κ1) is 12.5. The highest BCUT2D eigenvalue weighted by Gasteiger charge is 2.49. The lowest BCUT2D eigenvalue weighted by molar-refractivity contribution is -0.119. The van der Waals surface area contributed by atoms with Gasteiger partial charge in [0, 0.05) is 17.9 Å². The molecule has 1 amide bonds. The standard InChI is InChI=1S/C16H21NO2/c1-3-14-16(10-15(18)17-14)8-4-5-11-6-7-12(19-2)9-13(11)16/h6-7,9,14H,3-5,8,10H2,1-2H3,(H,17,18). The summed E-state index contributed by atoms with van der Waals surface area (Å²) < 4.78 is 5.37. The fourth-order valence-electron chi connectivity index (χ4n) is 3.92. The smallest absolute Gasteiger partial charge is 0.221 e. The summed E-state index contributed by atoms with van der Waals surface area (Å²) in [5.41, 5.74) is 2.72. The number of fused-ring (bicyclic) bond motifs is 2. The van der Waals surface area contributed by atoms with Crippen LogP contribution in [0.15, 0.2) is 18.2 Å². The minimum atomic E-state index is -0.00600. The van der Waals surface area contributed by atoms with Crippen LogP contribution in [-0.4, -0.2) is 19.1 Å². The Morgan fingerprint density at radius 1 is 1.47 bits per heavy atom. The molecule has 1 aromatic carbocycles. The number of hydrogen-bond donors (Lipinski definition) is 1. The highest BCUT2D eigenvalue weighted by Crippen LogP contribution is 2.47. The maximum absolute atomic E-state index is 11.9. The highest BCUT2D eigenvalue weighted by molar-refractivity contribution is 5.82. The zero-order chi connectivity index (χ0) is 13.5. The zero-order valence-electron chi connectivity index (χ0n) is 11.7. The molecule has 0 aromatic heterocycles. The summed E-state index contributed by atoms with van der Waals surface area (Å²) in [5.74, 6) is 1.09. The number of carbonyl (C=O) groups excluding carboxylic acids is 1. The van der Waals surface area contributed by atoms with Crippen molar-refractivity contribution >= 4 is 5.91 Å². The maximum atomic E-state index is 11.9. The third-order valence-electron chi connectivity index (χ3n) is 4.81. The zero-order valence-corrected chi connectivity index (χ0v) is 11.7. The van der Waals surface area contributed by atoms with Crippen molar-refractivity contribution in [2.45, 2.75) is 50.5 Å². The first-order chi connectivity index (χ1) is 9.19. The summed E-state index contributed by atoms with van der Waals surface area (Å²) in [4.78, 5) is 11.9. The van der Waals surface area contributed by atoms with Crippen LogP contribution in [0.2, 0.25) is 0 Å². The molecule has 1 aliphatic carbocycles. The summed E-state index contributed by atoms with van der Waals surface area (Å²) in [5, 5.41) is 3.16. The van der Waals surface area contributed by atoms with Crippen molar-refractivity contribution < 1.29 is 9.53 Å². The van der Waals surface area contributed by atoms with E-state index in [9.17, 15) is 4.79 Å². The summed E-state index contributed by atoms with van der Waals surface area (Å²) in [6.07, 6.45) is 5.01. The van der Waals surface area contributed by atoms with Crippen molar-refractivity contribution in [1.29, 1.82) is 0 Å². The van der Waals surface area contributed by atoms with Gasteiger partial charge >= 0.3 is 0 Å². The second kappa shape index (κ2) is 4.55. The van der Waals surface area contributed by atoms with Crippen LogP contribution in [0, 0.1) is 0 Å². The average molecular weight is 259 g/mol. The molecule has 3 nitrogen and oxygen atoms in total. The van der Waals surface area contributed by atoms with Crippen LogP contribution in [0.4, 0.5) is 0 Å². The molecule has 0 radical (unpaired) electrons. The second-order valence-electron chi connectivity index (χ2n) is 5.74. The van der Waals surface area contributed by atoms with Crippen LogP contribution in [0.5, 0.6) is 5.75 Å². The predicted octanol–water partition coefficient (Wildman–Crippen LogP) is 2.57. The molecular formula is C16H21NO2. The minimum absolute atomic E-state index is 0.00600. The summed E-state index contributed by atoms with van der Waals surface area (Å²) in [7, 11) is 1.70. The molecule has 2 unspecified atom stereocenters.